The summed E-state index contributed by atoms with van der Waals surface area (Å²) >= 11 is 2.92. The maximum Gasteiger partial charge on any atom is 0.240 e. The highest BCUT2D eigenvalue weighted by molar-refractivity contribution is 8.02. The van der Waals surface area contributed by atoms with Crippen molar-refractivity contribution in [1.82, 2.24) is 10.2 Å². The van der Waals surface area contributed by atoms with Crippen LogP contribution in [0, 0.1) is 0 Å². The molecule has 2 aromatic rings. The van der Waals surface area contributed by atoms with Crippen molar-refractivity contribution in [2.45, 2.75) is 35.9 Å². The van der Waals surface area contributed by atoms with Gasteiger partial charge in [0.15, 0.2) is 4.34 Å². The summed E-state index contributed by atoms with van der Waals surface area (Å²) in [7, 11) is 0. The summed E-state index contributed by atoms with van der Waals surface area (Å²) in [5.74, 6) is 0.119. The summed E-state index contributed by atoms with van der Waals surface area (Å²) in [5, 5.41) is 11.9. The van der Waals surface area contributed by atoms with Gasteiger partial charge in [-0.25, -0.2) is 0 Å². The molecular weight excluding hydrogens is 340 g/mol. The maximum atomic E-state index is 12.9. The number of thioether (sulfide) groups is 1. The zero-order valence-electron chi connectivity index (χ0n) is 13.7. The quantitative estimate of drug-likeness (QED) is 0.630. The van der Waals surface area contributed by atoms with Crippen LogP contribution in [0.1, 0.15) is 19.4 Å². The number of carbonyl (C=O) groups excluding carboxylic acids is 1. The first-order valence-electron chi connectivity index (χ1n) is 7.86. The SMILES string of the molecule is C=CCNc1nnc(S[C@@H](C)C(=O)N2c3ccccc3C[C@H]2C)s1. The maximum absolute atomic E-state index is 12.9. The van der Waals surface area contributed by atoms with E-state index < -0.39 is 0 Å². The summed E-state index contributed by atoms with van der Waals surface area (Å²) in [6, 6.07) is 8.32. The number of amides is 1. The van der Waals surface area contributed by atoms with Crippen LogP contribution in [0.4, 0.5) is 10.8 Å². The Kier molecular flexibility index (Phi) is 5.20. The average Bonchev–Trinajstić information content (AvgIpc) is 3.15. The predicted molar refractivity (Wildman–Crippen MR) is 101 cm³/mol. The van der Waals surface area contributed by atoms with Crippen molar-refractivity contribution in [2.24, 2.45) is 0 Å². The van der Waals surface area contributed by atoms with E-state index in [1.807, 2.05) is 30.0 Å². The zero-order valence-corrected chi connectivity index (χ0v) is 15.4. The Bertz CT molecular complexity index is 746. The average molecular weight is 361 g/mol. The first kappa shape index (κ1) is 17.0. The van der Waals surface area contributed by atoms with E-state index in [1.54, 1.807) is 6.08 Å². The molecule has 0 bridgehead atoms. The molecule has 0 fully saturated rings. The minimum atomic E-state index is -0.209. The molecule has 0 radical (unpaired) electrons. The van der Waals surface area contributed by atoms with Crippen molar-refractivity contribution in [2.75, 3.05) is 16.8 Å². The predicted octanol–water partition coefficient (Wildman–Crippen LogP) is 3.59. The van der Waals surface area contributed by atoms with Gasteiger partial charge in [0.25, 0.3) is 0 Å². The standard InChI is InChI=1S/C17H20N4OS2/c1-4-9-18-16-19-20-17(24-16)23-12(3)15(22)21-11(2)10-13-7-5-6-8-14(13)21/h4-8,11-12H,1,9-10H2,2-3H3,(H,18,19)/t11-,12+/m1/s1. The lowest BCUT2D eigenvalue weighted by Crippen LogP contribution is -2.40. The number of rotatable bonds is 6. The molecule has 7 heteroatoms. The molecule has 24 heavy (non-hydrogen) atoms. The number of benzene rings is 1. The molecule has 2 atom stereocenters. The van der Waals surface area contributed by atoms with Crippen LogP contribution in [0.25, 0.3) is 0 Å². The third-order valence-electron chi connectivity index (χ3n) is 3.87. The Morgan fingerprint density at radius 2 is 2.33 bits per heavy atom. The minimum Gasteiger partial charge on any atom is -0.357 e. The normalized spacial score (nSPS) is 17.4. The second-order valence-electron chi connectivity index (χ2n) is 5.69. The highest BCUT2D eigenvalue weighted by atomic mass is 32.2. The highest BCUT2D eigenvalue weighted by Crippen LogP contribution is 2.35. The van der Waals surface area contributed by atoms with Gasteiger partial charge in [-0.1, -0.05) is 47.4 Å². The third kappa shape index (κ3) is 3.47. The second kappa shape index (κ2) is 7.36. The summed E-state index contributed by atoms with van der Waals surface area (Å²) in [6.07, 6.45) is 2.68. The Balaban J connectivity index is 1.69. The lowest BCUT2D eigenvalue weighted by atomic mass is 10.1. The number of carbonyl (C=O) groups is 1. The molecule has 1 aliphatic rings. The van der Waals surface area contributed by atoms with E-state index >= 15 is 0 Å². The van der Waals surface area contributed by atoms with Crippen LogP contribution >= 0.6 is 23.1 Å². The number of nitrogens with one attached hydrogen (secondary N) is 1. The Hall–Kier alpha value is -1.86. The van der Waals surface area contributed by atoms with E-state index in [2.05, 4.69) is 35.1 Å². The Morgan fingerprint density at radius 3 is 3.12 bits per heavy atom. The summed E-state index contributed by atoms with van der Waals surface area (Å²) in [4.78, 5) is 14.9. The molecular formula is C17H20N4OS2. The molecule has 0 saturated heterocycles. The van der Waals surface area contributed by atoms with Crippen molar-refractivity contribution < 1.29 is 4.79 Å². The highest BCUT2D eigenvalue weighted by Gasteiger charge is 2.33. The van der Waals surface area contributed by atoms with Crippen molar-refractivity contribution >= 4 is 39.8 Å². The molecule has 3 rings (SSSR count). The summed E-state index contributed by atoms with van der Waals surface area (Å²) < 4.78 is 0.794. The fraction of sp³-hybridized carbons (Fsp3) is 0.353. The van der Waals surface area contributed by atoms with E-state index in [0.717, 1.165) is 21.6 Å². The van der Waals surface area contributed by atoms with Crippen molar-refractivity contribution in [3.63, 3.8) is 0 Å². The van der Waals surface area contributed by atoms with Crippen LogP contribution < -0.4 is 10.2 Å². The molecule has 1 amide bonds. The largest absolute Gasteiger partial charge is 0.357 e. The van der Waals surface area contributed by atoms with Gasteiger partial charge in [-0.3, -0.25) is 4.79 Å². The molecule has 1 N–H and O–H groups in total. The number of aromatic nitrogens is 2. The number of anilines is 2. The molecule has 0 aliphatic carbocycles. The fourth-order valence-electron chi connectivity index (χ4n) is 2.79. The smallest absolute Gasteiger partial charge is 0.240 e. The van der Waals surface area contributed by atoms with Crippen LogP contribution in [0.15, 0.2) is 41.3 Å². The van der Waals surface area contributed by atoms with Crippen LogP contribution in [-0.2, 0) is 11.2 Å². The van der Waals surface area contributed by atoms with Crippen LogP contribution in [0.2, 0.25) is 0 Å². The van der Waals surface area contributed by atoms with Crippen LogP contribution in [-0.4, -0.2) is 33.9 Å². The lowest BCUT2D eigenvalue weighted by molar-refractivity contribution is -0.118. The van der Waals surface area contributed by atoms with Gasteiger partial charge in [0.05, 0.1) is 5.25 Å². The molecule has 1 aromatic carbocycles. The molecule has 0 saturated carbocycles. The number of hydrogen-bond donors (Lipinski definition) is 1. The van der Waals surface area contributed by atoms with Crippen LogP contribution in [0.5, 0.6) is 0 Å². The van der Waals surface area contributed by atoms with E-state index in [0.29, 0.717) is 6.54 Å². The number of para-hydroxylation sites is 1. The molecule has 5 nitrogen and oxygen atoms in total. The van der Waals surface area contributed by atoms with E-state index in [9.17, 15) is 4.79 Å². The third-order valence-corrected chi connectivity index (χ3v) is 5.93. The van der Waals surface area contributed by atoms with Gasteiger partial charge in [-0.05, 0) is 31.9 Å². The Morgan fingerprint density at radius 1 is 1.54 bits per heavy atom. The van der Waals surface area contributed by atoms with Gasteiger partial charge in [0.2, 0.25) is 11.0 Å². The molecule has 0 spiro atoms. The number of nitrogens with zero attached hydrogens (tertiary/aromatic N) is 3. The second-order valence-corrected chi connectivity index (χ2v) is 8.26. The van der Waals surface area contributed by atoms with Crippen molar-refractivity contribution in [3.8, 4) is 0 Å². The summed E-state index contributed by atoms with van der Waals surface area (Å²) in [6.45, 7) is 8.34. The monoisotopic (exact) mass is 360 g/mol. The topological polar surface area (TPSA) is 58.1 Å². The summed E-state index contributed by atoms with van der Waals surface area (Å²) in [5.41, 5.74) is 2.27. The van der Waals surface area contributed by atoms with Gasteiger partial charge in [0, 0.05) is 18.3 Å². The first-order valence-corrected chi connectivity index (χ1v) is 9.55. The lowest BCUT2D eigenvalue weighted by Gasteiger charge is -2.25. The molecule has 0 unspecified atom stereocenters. The molecule has 1 aliphatic heterocycles. The van der Waals surface area contributed by atoms with E-state index in [4.69, 9.17) is 0 Å². The van der Waals surface area contributed by atoms with Gasteiger partial charge >= 0.3 is 0 Å². The number of fused-ring (bicyclic) bond motifs is 1. The molecule has 126 valence electrons. The van der Waals surface area contributed by atoms with Gasteiger partial charge in [0.1, 0.15) is 0 Å². The zero-order chi connectivity index (χ0) is 17.1. The van der Waals surface area contributed by atoms with Gasteiger partial charge in [-0.2, -0.15) is 0 Å². The van der Waals surface area contributed by atoms with Crippen molar-refractivity contribution in [3.05, 3.63) is 42.5 Å². The van der Waals surface area contributed by atoms with Gasteiger partial charge < -0.3 is 10.2 Å². The number of hydrogen-bond acceptors (Lipinski definition) is 6. The van der Waals surface area contributed by atoms with Gasteiger partial charge in [-0.15, -0.1) is 16.8 Å². The minimum absolute atomic E-state index is 0.119. The Labute approximate surface area is 150 Å². The van der Waals surface area contributed by atoms with Crippen LogP contribution in [0.3, 0.4) is 0 Å². The van der Waals surface area contributed by atoms with E-state index in [1.165, 1.54) is 28.7 Å². The van der Waals surface area contributed by atoms with E-state index in [-0.39, 0.29) is 17.2 Å². The van der Waals surface area contributed by atoms with Crippen molar-refractivity contribution in [1.29, 1.82) is 0 Å². The first-order chi connectivity index (χ1) is 11.6. The molecule has 2 heterocycles. The molecule has 1 aromatic heterocycles. The fourth-order valence-corrected chi connectivity index (χ4v) is 4.74.